The van der Waals surface area contributed by atoms with Crippen LogP contribution in [0.25, 0.3) is 5.78 Å². The molecule has 0 saturated carbocycles. The van der Waals surface area contributed by atoms with Crippen molar-refractivity contribution in [3.05, 3.63) is 30.4 Å². The molecule has 7 nitrogen and oxygen atoms in total. The van der Waals surface area contributed by atoms with E-state index in [4.69, 9.17) is 4.74 Å². The van der Waals surface area contributed by atoms with Crippen molar-refractivity contribution in [2.24, 2.45) is 0 Å². The summed E-state index contributed by atoms with van der Waals surface area (Å²) in [5.74, 6) is 0.708. The van der Waals surface area contributed by atoms with Crippen LogP contribution in [0, 0.1) is 0 Å². The van der Waals surface area contributed by atoms with Gasteiger partial charge in [-0.05, 0) is 13.1 Å². The van der Waals surface area contributed by atoms with Crippen molar-refractivity contribution in [3.63, 3.8) is 0 Å². The Morgan fingerprint density at radius 1 is 1.36 bits per heavy atom. The monoisotopic (exact) mass is 305 g/mol. The largest absolute Gasteiger partial charge is 0.390 e. The van der Waals surface area contributed by atoms with E-state index in [1.807, 2.05) is 29.9 Å². The molecule has 2 aromatic rings. The summed E-state index contributed by atoms with van der Waals surface area (Å²) in [5, 5.41) is 10.3. The van der Waals surface area contributed by atoms with Crippen molar-refractivity contribution < 1.29 is 9.84 Å². The maximum absolute atomic E-state index is 10.3. The lowest BCUT2D eigenvalue weighted by atomic mass is 10.2. The number of aliphatic hydroxyl groups is 1. The molecule has 0 radical (unpaired) electrons. The highest BCUT2D eigenvalue weighted by molar-refractivity contribution is 5.30. The summed E-state index contributed by atoms with van der Waals surface area (Å²) in [5.41, 5.74) is 1.07. The Labute approximate surface area is 130 Å². The van der Waals surface area contributed by atoms with Gasteiger partial charge in [0.2, 0.25) is 5.78 Å². The van der Waals surface area contributed by atoms with E-state index >= 15 is 0 Å². The first-order valence-corrected chi connectivity index (χ1v) is 7.66. The van der Waals surface area contributed by atoms with Crippen LogP contribution in [-0.4, -0.2) is 81.8 Å². The molecule has 2 aromatic heterocycles. The Balaban J connectivity index is 1.52. The first-order chi connectivity index (χ1) is 10.7. The number of β-amino-alcohol motifs (C(OH)–C–C–N with tert-alkyl or cyclic N) is 1. The summed E-state index contributed by atoms with van der Waals surface area (Å²) in [6.07, 6.45) is 5.18. The number of aromatic nitrogens is 3. The molecule has 1 N–H and O–H groups in total. The zero-order valence-corrected chi connectivity index (χ0v) is 12.9. The number of hydrogen-bond acceptors (Lipinski definition) is 6. The highest BCUT2D eigenvalue weighted by atomic mass is 16.5. The molecular formula is C15H23N5O2. The van der Waals surface area contributed by atoms with Crippen molar-refractivity contribution in [2.75, 3.05) is 46.4 Å². The van der Waals surface area contributed by atoms with Gasteiger partial charge in [-0.25, -0.2) is 9.97 Å². The third kappa shape index (κ3) is 3.80. The van der Waals surface area contributed by atoms with Gasteiger partial charge in [0.1, 0.15) is 0 Å². The third-order valence-electron chi connectivity index (χ3n) is 3.89. The Hall–Kier alpha value is -1.54. The zero-order valence-electron chi connectivity index (χ0n) is 12.9. The van der Waals surface area contributed by atoms with Gasteiger partial charge in [-0.15, -0.1) is 0 Å². The lowest BCUT2D eigenvalue weighted by molar-refractivity contribution is 0.00817. The van der Waals surface area contributed by atoms with E-state index in [1.165, 1.54) is 0 Å². The van der Waals surface area contributed by atoms with E-state index in [2.05, 4.69) is 19.8 Å². The molecule has 22 heavy (non-hydrogen) atoms. The first kappa shape index (κ1) is 15.4. The molecule has 1 saturated heterocycles. The molecule has 3 rings (SSSR count). The fourth-order valence-electron chi connectivity index (χ4n) is 2.83. The van der Waals surface area contributed by atoms with Gasteiger partial charge in [-0.3, -0.25) is 14.2 Å². The number of nitrogens with zero attached hydrogens (tertiary/aromatic N) is 5. The lowest BCUT2D eigenvalue weighted by Gasteiger charge is -2.30. The van der Waals surface area contributed by atoms with Crippen LogP contribution in [0.3, 0.4) is 0 Å². The predicted molar refractivity (Wildman–Crippen MR) is 82.6 cm³/mol. The molecule has 7 heteroatoms. The fourth-order valence-corrected chi connectivity index (χ4v) is 2.83. The summed E-state index contributed by atoms with van der Waals surface area (Å²) in [6, 6.07) is 1.89. The van der Waals surface area contributed by atoms with Gasteiger partial charge in [0.15, 0.2) is 0 Å². The minimum absolute atomic E-state index is 0.361. The Morgan fingerprint density at radius 2 is 2.18 bits per heavy atom. The number of imidazole rings is 1. The second kappa shape index (κ2) is 7.15. The SMILES string of the molecule is CN(Cc1cnc2ncccn12)CC(O)CN1CCOCC1. The van der Waals surface area contributed by atoms with E-state index in [1.54, 1.807) is 6.20 Å². The lowest BCUT2D eigenvalue weighted by Crippen LogP contribution is -2.44. The zero-order chi connectivity index (χ0) is 15.4. The highest BCUT2D eigenvalue weighted by Gasteiger charge is 2.17. The van der Waals surface area contributed by atoms with Crippen LogP contribution in [0.15, 0.2) is 24.7 Å². The van der Waals surface area contributed by atoms with Crippen LogP contribution in [-0.2, 0) is 11.3 Å². The van der Waals surface area contributed by atoms with Gasteiger partial charge in [0.25, 0.3) is 0 Å². The Bertz CT molecular complexity index is 596. The Kier molecular flexibility index (Phi) is 4.99. The van der Waals surface area contributed by atoms with Gasteiger partial charge in [0, 0.05) is 45.1 Å². The molecular weight excluding hydrogens is 282 g/mol. The average molecular weight is 305 g/mol. The van der Waals surface area contributed by atoms with Crippen LogP contribution in [0.5, 0.6) is 0 Å². The smallest absolute Gasteiger partial charge is 0.233 e. The molecule has 1 fully saturated rings. The highest BCUT2D eigenvalue weighted by Crippen LogP contribution is 2.07. The molecule has 0 bridgehead atoms. The topological polar surface area (TPSA) is 66.1 Å². The minimum Gasteiger partial charge on any atom is -0.390 e. The van der Waals surface area contributed by atoms with Crippen LogP contribution in [0.4, 0.5) is 0 Å². The first-order valence-electron chi connectivity index (χ1n) is 7.66. The molecule has 1 aliphatic rings. The molecule has 1 aliphatic heterocycles. The standard InChI is InChI=1S/C15H23N5O2/c1-18(11-14(21)12-19-5-7-22-8-6-19)10-13-9-17-15-16-3-2-4-20(13)15/h2-4,9,14,21H,5-8,10-12H2,1H3. The maximum Gasteiger partial charge on any atom is 0.233 e. The molecule has 1 atom stereocenters. The van der Waals surface area contributed by atoms with Crippen LogP contribution >= 0.6 is 0 Å². The molecule has 0 spiro atoms. The van der Waals surface area contributed by atoms with Gasteiger partial charge >= 0.3 is 0 Å². The van der Waals surface area contributed by atoms with Crippen molar-refractivity contribution in [3.8, 4) is 0 Å². The van der Waals surface area contributed by atoms with Gasteiger partial charge in [0.05, 0.1) is 31.2 Å². The van der Waals surface area contributed by atoms with Crippen LogP contribution < -0.4 is 0 Å². The number of fused-ring (bicyclic) bond motifs is 1. The van der Waals surface area contributed by atoms with E-state index in [-0.39, 0.29) is 6.10 Å². The van der Waals surface area contributed by atoms with Crippen LogP contribution in [0.1, 0.15) is 5.69 Å². The van der Waals surface area contributed by atoms with Crippen molar-refractivity contribution in [2.45, 2.75) is 12.6 Å². The molecule has 0 amide bonds. The second-order valence-electron chi connectivity index (χ2n) is 5.80. The van der Waals surface area contributed by atoms with E-state index in [0.29, 0.717) is 18.9 Å². The van der Waals surface area contributed by atoms with E-state index < -0.39 is 0 Å². The number of likely N-dealkylation sites (N-methyl/N-ethyl adjacent to an activating group) is 1. The van der Waals surface area contributed by atoms with Crippen molar-refractivity contribution in [1.82, 2.24) is 24.2 Å². The van der Waals surface area contributed by atoms with Gasteiger partial charge in [-0.1, -0.05) is 0 Å². The second-order valence-corrected chi connectivity index (χ2v) is 5.80. The summed E-state index contributed by atoms with van der Waals surface area (Å²) >= 11 is 0. The van der Waals surface area contributed by atoms with Gasteiger partial charge < -0.3 is 9.84 Å². The van der Waals surface area contributed by atoms with E-state index in [0.717, 1.165) is 38.5 Å². The molecule has 0 aromatic carbocycles. The summed E-state index contributed by atoms with van der Waals surface area (Å²) in [7, 11) is 2.01. The van der Waals surface area contributed by atoms with Crippen molar-refractivity contribution in [1.29, 1.82) is 0 Å². The normalized spacial score (nSPS) is 18.1. The fraction of sp³-hybridized carbons (Fsp3) is 0.600. The summed E-state index contributed by atoms with van der Waals surface area (Å²) in [6.45, 7) is 5.38. The maximum atomic E-state index is 10.3. The number of aliphatic hydroxyl groups excluding tert-OH is 1. The quantitative estimate of drug-likeness (QED) is 0.801. The summed E-state index contributed by atoms with van der Waals surface area (Å²) < 4.78 is 7.30. The summed E-state index contributed by atoms with van der Waals surface area (Å²) in [4.78, 5) is 12.9. The number of ether oxygens (including phenoxy) is 1. The molecule has 3 heterocycles. The number of rotatable bonds is 6. The number of hydrogen-bond donors (Lipinski definition) is 1. The molecule has 0 aliphatic carbocycles. The predicted octanol–water partition coefficient (Wildman–Crippen LogP) is -0.146. The van der Waals surface area contributed by atoms with E-state index in [9.17, 15) is 5.11 Å². The van der Waals surface area contributed by atoms with Crippen LogP contribution in [0.2, 0.25) is 0 Å². The molecule has 120 valence electrons. The molecule has 1 unspecified atom stereocenters. The van der Waals surface area contributed by atoms with Gasteiger partial charge in [-0.2, -0.15) is 0 Å². The van der Waals surface area contributed by atoms with Crippen molar-refractivity contribution >= 4 is 5.78 Å². The number of morpholine rings is 1. The third-order valence-corrected chi connectivity index (χ3v) is 3.89. The Morgan fingerprint density at radius 3 is 3.00 bits per heavy atom. The average Bonchev–Trinajstić information content (AvgIpc) is 2.91. The minimum atomic E-state index is -0.361.